The summed E-state index contributed by atoms with van der Waals surface area (Å²) in [6.07, 6.45) is 0. The number of rotatable bonds is 7. The van der Waals surface area contributed by atoms with E-state index in [-0.39, 0.29) is 35.4 Å². The van der Waals surface area contributed by atoms with E-state index in [1.54, 1.807) is 19.9 Å². The predicted octanol–water partition coefficient (Wildman–Crippen LogP) is 2.44. The zero-order valence-corrected chi connectivity index (χ0v) is 16.8. The van der Waals surface area contributed by atoms with Crippen LogP contribution in [0.5, 0.6) is 0 Å². The number of nitro groups is 1. The molecule has 0 spiro atoms. The number of non-ortho nitro benzene ring substituents is 1. The molecule has 0 bridgehead atoms. The lowest BCUT2D eigenvalue weighted by atomic mass is 9.80. The van der Waals surface area contributed by atoms with Gasteiger partial charge >= 0.3 is 11.9 Å². The number of nitrogens with zero attached hydrogens (tertiary/aromatic N) is 1. The number of esters is 1. The van der Waals surface area contributed by atoms with E-state index in [1.165, 1.54) is 18.2 Å². The molecule has 0 aliphatic carbocycles. The summed E-state index contributed by atoms with van der Waals surface area (Å²) in [5, 5.41) is 23.9. The van der Waals surface area contributed by atoms with E-state index in [9.17, 15) is 24.8 Å². The first-order valence-corrected chi connectivity index (χ1v) is 9.13. The number of nitrogens with two attached hydrogens (primary N) is 1. The largest absolute Gasteiger partial charge is 0.478 e. The molecule has 0 saturated heterocycles. The zero-order valence-electron chi connectivity index (χ0n) is 16.8. The van der Waals surface area contributed by atoms with E-state index < -0.39 is 22.8 Å². The van der Waals surface area contributed by atoms with Gasteiger partial charge in [-0.3, -0.25) is 10.1 Å². The van der Waals surface area contributed by atoms with Crippen LogP contribution in [0.15, 0.2) is 46.8 Å². The number of benzene rings is 1. The fourth-order valence-electron chi connectivity index (χ4n) is 3.14. The molecule has 1 aliphatic rings. The molecule has 2 atom stereocenters. The number of carboxylic acid groups (broad SMARTS) is 1. The third kappa shape index (κ3) is 4.80. The van der Waals surface area contributed by atoms with Gasteiger partial charge in [-0.15, -0.1) is 0 Å². The van der Waals surface area contributed by atoms with Gasteiger partial charge in [-0.05, 0) is 25.3 Å². The fourth-order valence-corrected chi connectivity index (χ4v) is 3.14. The second-order valence-corrected chi connectivity index (χ2v) is 7.30. The molecule has 1 aromatic rings. The van der Waals surface area contributed by atoms with Crippen LogP contribution in [0.1, 0.15) is 39.2 Å². The smallest absolute Gasteiger partial charge is 0.336 e. The monoisotopic (exact) mass is 403 g/mol. The molecular formula is C20H25N3O6. The molecule has 1 heterocycles. The quantitative estimate of drug-likeness (QED) is 0.358. The molecule has 29 heavy (non-hydrogen) atoms. The standard InChI is InChI=1S/C20H25N3O6/c1-10(2)15(21)9-29-20(26)17-12(4)22-11(3)16(19(24)25)18(17)13-6-5-7-14(8-13)23(27)28/h5-8,10,15,18,22H,9,21H2,1-4H3,(H,24,25). The number of carbonyl (C=O) groups is 2. The number of dihydropyridines is 1. The average molecular weight is 403 g/mol. The van der Waals surface area contributed by atoms with Crippen molar-refractivity contribution in [2.24, 2.45) is 11.7 Å². The minimum Gasteiger partial charge on any atom is -0.478 e. The molecule has 9 nitrogen and oxygen atoms in total. The van der Waals surface area contributed by atoms with Gasteiger partial charge in [0.1, 0.15) is 6.61 Å². The van der Waals surface area contributed by atoms with Gasteiger partial charge in [-0.25, -0.2) is 9.59 Å². The van der Waals surface area contributed by atoms with Crippen LogP contribution in [0, 0.1) is 16.0 Å². The molecular weight excluding hydrogens is 378 g/mol. The van der Waals surface area contributed by atoms with Gasteiger partial charge in [0.2, 0.25) is 0 Å². The highest BCUT2D eigenvalue weighted by atomic mass is 16.6. The van der Waals surface area contributed by atoms with E-state index >= 15 is 0 Å². The number of carboxylic acids is 1. The van der Waals surface area contributed by atoms with Crippen LogP contribution in [0.25, 0.3) is 0 Å². The Hall–Kier alpha value is -3.20. The third-order valence-electron chi connectivity index (χ3n) is 4.89. The molecule has 0 saturated carbocycles. The number of carbonyl (C=O) groups excluding carboxylic acids is 1. The second-order valence-electron chi connectivity index (χ2n) is 7.30. The molecule has 1 aromatic carbocycles. The Labute approximate surface area is 168 Å². The average Bonchev–Trinajstić information content (AvgIpc) is 2.64. The van der Waals surface area contributed by atoms with Crippen LogP contribution in [-0.4, -0.2) is 34.6 Å². The molecule has 156 valence electrons. The number of ether oxygens (including phenoxy) is 1. The molecule has 2 unspecified atom stereocenters. The Morgan fingerprint density at radius 3 is 2.45 bits per heavy atom. The normalized spacial score (nSPS) is 17.8. The maximum absolute atomic E-state index is 12.9. The number of hydrogen-bond acceptors (Lipinski definition) is 7. The Morgan fingerprint density at radius 2 is 1.90 bits per heavy atom. The van der Waals surface area contributed by atoms with Crippen molar-refractivity contribution in [1.82, 2.24) is 5.32 Å². The molecule has 4 N–H and O–H groups in total. The zero-order chi connectivity index (χ0) is 21.9. The summed E-state index contributed by atoms with van der Waals surface area (Å²) in [6.45, 7) is 6.97. The summed E-state index contributed by atoms with van der Waals surface area (Å²) >= 11 is 0. The number of hydrogen-bond donors (Lipinski definition) is 3. The predicted molar refractivity (Wildman–Crippen MR) is 106 cm³/mol. The summed E-state index contributed by atoms with van der Waals surface area (Å²) in [7, 11) is 0. The number of nitro benzene ring substituents is 1. The van der Waals surface area contributed by atoms with Crippen molar-refractivity contribution >= 4 is 17.6 Å². The van der Waals surface area contributed by atoms with E-state index in [0.717, 1.165) is 0 Å². The van der Waals surface area contributed by atoms with Gasteiger partial charge in [0, 0.05) is 29.6 Å². The summed E-state index contributed by atoms with van der Waals surface area (Å²) < 4.78 is 5.36. The summed E-state index contributed by atoms with van der Waals surface area (Å²) in [4.78, 5) is 35.5. The van der Waals surface area contributed by atoms with Crippen LogP contribution in [0.3, 0.4) is 0 Å². The Morgan fingerprint density at radius 1 is 1.28 bits per heavy atom. The van der Waals surface area contributed by atoms with E-state index in [1.807, 2.05) is 13.8 Å². The van der Waals surface area contributed by atoms with Gasteiger partial charge in [0.15, 0.2) is 0 Å². The lowest BCUT2D eigenvalue weighted by molar-refractivity contribution is -0.384. The van der Waals surface area contributed by atoms with Crippen LogP contribution in [-0.2, 0) is 14.3 Å². The highest BCUT2D eigenvalue weighted by Gasteiger charge is 2.38. The Balaban J connectivity index is 2.53. The topological polar surface area (TPSA) is 145 Å². The first-order chi connectivity index (χ1) is 13.5. The van der Waals surface area contributed by atoms with E-state index in [2.05, 4.69) is 5.32 Å². The number of nitrogens with one attached hydrogen (secondary N) is 1. The van der Waals surface area contributed by atoms with Crippen molar-refractivity contribution in [2.75, 3.05) is 6.61 Å². The van der Waals surface area contributed by atoms with Crippen molar-refractivity contribution < 1.29 is 24.4 Å². The maximum Gasteiger partial charge on any atom is 0.336 e. The van der Waals surface area contributed by atoms with Crippen LogP contribution < -0.4 is 11.1 Å². The molecule has 1 aliphatic heterocycles. The second kappa shape index (κ2) is 8.87. The third-order valence-corrected chi connectivity index (χ3v) is 4.89. The van der Waals surface area contributed by atoms with Crippen LogP contribution in [0.2, 0.25) is 0 Å². The van der Waals surface area contributed by atoms with E-state index in [0.29, 0.717) is 17.0 Å². The molecule has 0 aromatic heterocycles. The van der Waals surface area contributed by atoms with Crippen molar-refractivity contribution in [3.8, 4) is 0 Å². The van der Waals surface area contributed by atoms with Gasteiger partial charge in [0.25, 0.3) is 5.69 Å². The summed E-state index contributed by atoms with van der Waals surface area (Å²) in [6, 6.07) is 5.21. The first-order valence-electron chi connectivity index (χ1n) is 9.13. The summed E-state index contributed by atoms with van der Waals surface area (Å²) in [5.74, 6) is -2.87. The molecule has 2 rings (SSSR count). The van der Waals surface area contributed by atoms with Crippen molar-refractivity contribution in [3.63, 3.8) is 0 Å². The van der Waals surface area contributed by atoms with Crippen LogP contribution in [0.4, 0.5) is 5.69 Å². The van der Waals surface area contributed by atoms with Gasteiger partial charge in [-0.1, -0.05) is 26.0 Å². The lowest BCUT2D eigenvalue weighted by Gasteiger charge is -2.30. The fraction of sp³-hybridized carbons (Fsp3) is 0.400. The van der Waals surface area contributed by atoms with Crippen molar-refractivity contribution in [2.45, 2.75) is 39.7 Å². The Kier molecular flexibility index (Phi) is 6.76. The summed E-state index contributed by atoms with van der Waals surface area (Å²) in [5.41, 5.74) is 6.84. The van der Waals surface area contributed by atoms with Gasteiger partial charge < -0.3 is 20.9 Å². The molecule has 9 heteroatoms. The van der Waals surface area contributed by atoms with E-state index in [4.69, 9.17) is 10.5 Å². The maximum atomic E-state index is 12.9. The van der Waals surface area contributed by atoms with Crippen molar-refractivity contribution in [3.05, 3.63) is 62.5 Å². The minimum absolute atomic E-state index is 0.0277. The number of aliphatic carboxylic acids is 1. The first kappa shape index (κ1) is 22.1. The van der Waals surface area contributed by atoms with Gasteiger partial charge in [-0.2, -0.15) is 0 Å². The van der Waals surface area contributed by atoms with Crippen molar-refractivity contribution in [1.29, 1.82) is 0 Å². The highest BCUT2D eigenvalue weighted by Crippen LogP contribution is 2.39. The van der Waals surface area contributed by atoms with Crippen LogP contribution >= 0.6 is 0 Å². The minimum atomic E-state index is -1.23. The lowest BCUT2D eigenvalue weighted by Crippen LogP contribution is -2.35. The SMILES string of the molecule is CC1=C(C(=O)O)C(c2cccc([N+](=O)[O-])c2)C(C(=O)OCC(N)C(C)C)=C(C)N1. The molecule has 0 fully saturated rings. The number of allylic oxidation sites excluding steroid dienone is 2. The molecule has 0 radical (unpaired) electrons. The Bertz CT molecular complexity index is 903. The van der Waals surface area contributed by atoms with Gasteiger partial charge in [0.05, 0.1) is 22.0 Å². The highest BCUT2D eigenvalue weighted by molar-refractivity contribution is 5.99. The molecule has 0 amide bonds.